The minimum Gasteiger partial charge on any atom is -0.378 e. The van der Waals surface area contributed by atoms with Crippen LogP contribution in [-0.2, 0) is 19.6 Å². The average molecular weight is 319 g/mol. The van der Waals surface area contributed by atoms with Crippen LogP contribution < -0.4 is 10.6 Å². The van der Waals surface area contributed by atoms with Crippen LogP contribution in [0, 0.1) is 0 Å². The van der Waals surface area contributed by atoms with Crippen molar-refractivity contribution in [2.45, 2.75) is 38.3 Å². The lowest BCUT2D eigenvalue weighted by molar-refractivity contribution is -0.123. The Kier molecular flexibility index (Phi) is 5.98. The van der Waals surface area contributed by atoms with Crippen LogP contribution in [0.15, 0.2) is 0 Å². The van der Waals surface area contributed by atoms with Gasteiger partial charge >= 0.3 is 0 Å². The monoisotopic (exact) mass is 319 g/mol. The van der Waals surface area contributed by atoms with E-state index in [1.807, 2.05) is 0 Å². The SMILES string of the molecule is CCS(=O)(=O)N1CCC(NC(=O)CC2COCCN2)CC1. The van der Waals surface area contributed by atoms with Crippen molar-refractivity contribution in [2.75, 3.05) is 38.6 Å². The highest BCUT2D eigenvalue weighted by Crippen LogP contribution is 2.14. The third-order valence-corrected chi connectivity index (χ3v) is 5.89. The second-order valence-electron chi connectivity index (χ2n) is 5.57. The third-order valence-electron chi connectivity index (χ3n) is 4.01. The van der Waals surface area contributed by atoms with E-state index in [-0.39, 0.29) is 23.7 Å². The van der Waals surface area contributed by atoms with Crippen LogP contribution in [0.2, 0.25) is 0 Å². The van der Waals surface area contributed by atoms with Crippen molar-refractivity contribution in [1.29, 1.82) is 0 Å². The lowest BCUT2D eigenvalue weighted by Crippen LogP contribution is -2.49. The van der Waals surface area contributed by atoms with Gasteiger partial charge in [-0.1, -0.05) is 0 Å². The molecule has 2 rings (SSSR count). The minimum absolute atomic E-state index is 0.00907. The van der Waals surface area contributed by atoms with E-state index in [2.05, 4.69) is 10.6 Å². The first-order valence-corrected chi connectivity index (χ1v) is 9.20. The normalized spacial score (nSPS) is 25.7. The molecule has 0 radical (unpaired) electrons. The first kappa shape index (κ1) is 16.7. The fourth-order valence-electron chi connectivity index (χ4n) is 2.72. The van der Waals surface area contributed by atoms with Crippen molar-refractivity contribution in [3.05, 3.63) is 0 Å². The third kappa shape index (κ3) is 4.91. The highest BCUT2D eigenvalue weighted by atomic mass is 32.2. The Labute approximate surface area is 126 Å². The molecule has 2 heterocycles. The summed E-state index contributed by atoms with van der Waals surface area (Å²) in [6, 6.07) is 0.157. The van der Waals surface area contributed by atoms with Gasteiger partial charge in [-0.05, 0) is 19.8 Å². The highest BCUT2D eigenvalue weighted by Gasteiger charge is 2.27. The van der Waals surface area contributed by atoms with Crippen molar-refractivity contribution in [3.8, 4) is 0 Å². The molecule has 1 unspecified atom stereocenters. The van der Waals surface area contributed by atoms with E-state index >= 15 is 0 Å². The van der Waals surface area contributed by atoms with Crippen molar-refractivity contribution in [3.63, 3.8) is 0 Å². The summed E-state index contributed by atoms with van der Waals surface area (Å²) in [6.45, 7) is 4.69. The molecule has 8 heteroatoms. The predicted octanol–water partition coefficient (Wildman–Crippen LogP) is -0.705. The van der Waals surface area contributed by atoms with Gasteiger partial charge in [0.15, 0.2) is 0 Å². The zero-order chi connectivity index (χ0) is 15.3. The summed E-state index contributed by atoms with van der Waals surface area (Å²) in [5, 5.41) is 6.25. The largest absolute Gasteiger partial charge is 0.378 e. The number of amides is 1. The molecule has 0 bridgehead atoms. The molecule has 1 atom stereocenters. The summed E-state index contributed by atoms with van der Waals surface area (Å²) >= 11 is 0. The highest BCUT2D eigenvalue weighted by molar-refractivity contribution is 7.89. The minimum atomic E-state index is -3.10. The molecule has 21 heavy (non-hydrogen) atoms. The van der Waals surface area contributed by atoms with Crippen LogP contribution in [0.25, 0.3) is 0 Å². The van der Waals surface area contributed by atoms with Gasteiger partial charge in [-0.3, -0.25) is 4.79 Å². The molecule has 2 aliphatic heterocycles. The quantitative estimate of drug-likeness (QED) is 0.699. The number of nitrogens with one attached hydrogen (secondary N) is 2. The average Bonchev–Trinajstić information content (AvgIpc) is 2.48. The van der Waals surface area contributed by atoms with E-state index in [0.29, 0.717) is 45.6 Å². The van der Waals surface area contributed by atoms with Crippen LogP contribution in [0.4, 0.5) is 0 Å². The molecule has 2 aliphatic rings. The van der Waals surface area contributed by atoms with Gasteiger partial charge in [0.2, 0.25) is 15.9 Å². The maximum absolute atomic E-state index is 12.0. The van der Waals surface area contributed by atoms with Gasteiger partial charge in [-0.2, -0.15) is 0 Å². The van der Waals surface area contributed by atoms with Crippen molar-refractivity contribution >= 4 is 15.9 Å². The van der Waals surface area contributed by atoms with Crippen LogP contribution in [0.1, 0.15) is 26.2 Å². The molecule has 0 aromatic rings. The maximum atomic E-state index is 12.0. The van der Waals surface area contributed by atoms with E-state index in [0.717, 1.165) is 6.54 Å². The Balaban J connectivity index is 1.71. The molecule has 0 spiro atoms. The van der Waals surface area contributed by atoms with Crippen molar-refractivity contribution in [1.82, 2.24) is 14.9 Å². The van der Waals surface area contributed by atoms with Gasteiger partial charge in [-0.15, -0.1) is 0 Å². The summed E-state index contributed by atoms with van der Waals surface area (Å²) in [6.07, 6.45) is 1.77. The molecule has 2 fully saturated rings. The Bertz CT molecular complexity index is 440. The molecule has 7 nitrogen and oxygen atoms in total. The summed E-state index contributed by atoms with van der Waals surface area (Å²) in [7, 11) is -3.10. The number of nitrogens with zero attached hydrogens (tertiary/aromatic N) is 1. The molecule has 122 valence electrons. The maximum Gasteiger partial charge on any atom is 0.221 e. The Morgan fingerprint density at radius 3 is 2.67 bits per heavy atom. The standard InChI is InChI=1S/C13H25N3O4S/c1-2-21(18,19)16-6-3-11(4-7-16)15-13(17)9-12-10-20-8-5-14-12/h11-12,14H,2-10H2,1H3,(H,15,17). The number of carbonyl (C=O) groups is 1. The van der Waals surface area contributed by atoms with Gasteiger partial charge in [0.05, 0.1) is 19.0 Å². The zero-order valence-electron chi connectivity index (χ0n) is 12.5. The molecule has 2 N–H and O–H groups in total. The van der Waals surface area contributed by atoms with E-state index in [9.17, 15) is 13.2 Å². The van der Waals surface area contributed by atoms with Gasteiger partial charge in [0.1, 0.15) is 0 Å². The molecule has 0 aromatic carbocycles. The molecule has 0 saturated carbocycles. The number of hydrogen-bond donors (Lipinski definition) is 2. The summed E-state index contributed by atoms with van der Waals surface area (Å²) < 4.78 is 30.4. The van der Waals surface area contributed by atoms with E-state index in [1.54, 1.807) is 6.92 Å². The first-order chi connectivity index (χ1) is 10.0. The molecule has 0 aliphatic carbocycles. The lowest BCUT2D eigenvalue weighted by atomic mass is 10.1. The van der Waals surface area contributed by atoms with Gasteiger partial charge in [0, 0.05) is 38.1 Å². The number of hydrogen-bond acceptors (Lipinski definition) is 5. The van der Waals surface area contributed by atoms with E-state index < -0.39 is 10.0 Å². The van der Waals surface area contributed by atoms with Crippen LogP contribution in [0.3, 0.4) is 0 Å². The lowest BCUT2D eigenvalue weighted by Gasteiger charge is -2.32. The number of morpholine rings is 1. The van der Waals surface area contributed by atoms with Gasteiger partial charge < -0.3 is 15.4 Å². The summed E-state index contributed by atoms with van der Waals surface area (Å²) in [4.78, 5) is 12.0. The van der Waals surface area contributed by atoms with Crippen LogP contribution in [-0.4, -0.2) is 69.3 Å². The Hall–Kier alpha value is -0.700. The Morgan fingerprint density at radius 1 is 1.38 bits per heavy atom. The first-order valence-electron chi connectivity index (χ1n) is 7.59. The molecular formula is C13H25N3O4S. The van der Waals surface area contributed by atoms with Crippen molar-refractivity contribution in [2.24, 2.45) is 0 Å². The van der Waals surface area contributed by atoms with Gasteiger partial charge in [0.25, 0.3) is 0 Å². The fourth-order valence-corrected chi connectivity index (χ4v) is 3.85. The zero-order valence-corrected chi connectivity index (χ0v) is 13.3. The topological polar surface area (TPSA) is 87.7 Å². The number of sulfonamides is 1. The summed E-state index contributed by atoms with van der Waals surface area (Å²) in [5.41, 5.74) is 0. The summed E-state index contributed by atoms with van der Waals surface area (Å²) in [5.74, 6) is 0.145. The molecular weight excluding hydrogens is 294 g/mol. The predicted molar refractivity (Wildman–Crippen MR) is 79.4 cm³/mol. The molecule has 0 aromatic heterocycles. The molecule has 2 saturated heterocycles. The van der Waals surface area contributed by atoms with Crippen molar-refractivity contribution < 1.29 is 17.9 Å². The molecule has 1 amide bonds. The smallest absolute Gasteiger partial charge is 0.221 e. The second kappa shape index (κ2) is 7.53. The fraction of sp³-hybridized carbons (Fsp3) is 0.923. The van der Waals surface area contributed by atoms with E-state index in [4.69, 9.17) is 4.74 Å². The van der Waals surface area contributed by atoms with Gasteiger partial charge in [-0.25, -0.2) is 12.7 Å². The number of carbonyl (C=O) groups excluding carboxylic acids is 1. The Morgan fingerprint density at radius 2 is 2.10 bits per heavy atom. The number of rotatable bonds is 5. The number of ether oxygens (including phenoxy) is 1. The van der Waals surface area contributed by atoms with Crippen LogP contribution in [0.5, 0.6) is 0 Å². The second-order valence-corrected chi connectivity index (χ2v) is 7.83. The van der Waals surface area contributed by atoms with E-state index in [1.165, 1.54) is 4.31 Å². The number of piperidine rings is 1. The van der Waals surface area contributed by atoms with Crippen LogP contribution >= 0.6 is 0 Å².